The molecule has 31 heavy (non-hydrogen) atoms. The molecule has 0 spiro atoms. The van der Waals surface area contributed by atoms with Crippen LogP contribution in [-0.4, -0.2) is 24.6 Å². The van der Waals surface area contributed by atoms with Crippen molar-refractivity contribution in [2.45, 2.75) is 32.3 Å². The van der Waals surface area contributed by atoms with Crippen LogP contribution in [0.5, 0.6) is 5.75 Å². The Hall–Kier alpha value is -2.83. The van der Waals surface area contributed by atoms with Crippen molar-refractivity contribution in [1.29, 1.82) is 0 Å². The Bertz CT molecular complexity index is 1150. The second kappa shape index (κ2) is 8.36. The molecule has 4 rings (SSSR count). The highest BCUT2D eigenvalue weighted by molar-refractivity contribution is 7.17. The van der Waals surface area contributed by atoms with Crippen LogP contribution in [0.15, 0.2) is 48.5 Å². The molecule has 0 fully saturated rings. The summed E-state index contributed by atoms with van der Waals surface area (Å²) in [7, 11) is 1.35. The fourth-order valence-corrected chi connectivity index (χ4v) is 4.97. The molecule has 3 aromatic rings. The quantitative estimate of drug-likeness (QED) is 0.497. The van der Waals surface area contributed by atoms with Gasteiger partial charge in [0.05, 0.1) is 7.11 Å². The van der Waals surface area contributed by atoms with Crippen LogP contribution < -0.4 is 10.1 Å². The molecule has 5 nitrogen and oxygen atoms in total. The number of hydrogen-bond donors (Lipinski definition) is 1. The van der Waals surface area contributed by atoms with Gasteiger partial charge in [0.1, 0.15) is 16.3 Å². The molecule has 1 aliphatic carbocycles. The van der Waals surface area contributed by atoms with Crippen molar-refractivity contribution < 1.29 is 19.1 Å². The van der Waals surface area contributed by atoms with Crippen molar-refractivity contribution in [2.75, 3.05) is 12.4 Å². The predicted molar refractivity (Wildman–Crippen MR) is 123 cm³/mol. The number of rotatable bonds is 5. The highest BCUT2D eigenvalue weighted by atomic mass is 35.5. The Morgan fingerprint density at radius 1 is 1.06 bits per heavy atom. The third kappa shape index (κ3) is 4.18. The van der Waals surface area contributed by atoms with E-state index < -0.39 is 11.6 Å². The molecule has 160 valence electrons. The molecule has 0 aliphatic heterocycles. The van der Waals surface area contributed by atoms with Crippen LogP contribution in [0.1, 0.15) is 34.6 Å². The first-order valence-corrected chi connectivity index (χ1v) is 11.1. The zero-order chi connectivity index (χ0) is 22.2. The largest absolute Gasteiger partial charge is 0.478 e. The molecule has 0 bridgehead atoms. The lowest BCUT2D eigenvalue weighted by molar-refractivity contribution is -0.128. The minimum Gasteiger partial charge on any atom is -0.478 e. The number of carbonyl (C=O) groups excluding carboxylic acids is 2. The number of amides is 1. The number of hydrogen-bond acceptors (Lipinski definition) is 5. The molecule has 0 radical (unpaired) electrons. The fraction of sp³-hybridized carbons (Fsp3) is 0.250. The van der Waals surface area contributed by atoms with E-state index in [4.69, 9.17) is 21.1 Å². The van der Waals surface area contributed by atoms with Gasteiger partial charge >= 0.3 is 5.97 Å². The molecule has 0 saturated carbocycles. The Balaban J connectivity index is 1.67. The second-order valence-corrected chi connectivity index (χ2v) is 9.32. The molecule has 0 atom stereocenters. The molecule has 1 heterocycles. The van der Waals surface area contributed by atoms with Crippen molar-refractivity contribution in [3.8, 4) is 16.9 Å². The Morgan fingerprint density at radius 2 is 1.77 bits per heavy atom. The van der Waals surface area contributed by atoms with Crippen molar-refractivity contribution >= 4 is 39.8 Å². The van der Waals surface area contributed by atoms with Gasteiger partial charge in [-0.1, -0.05) is 35.9 Å². The smallest absolute Gasteiger partial charge is 0.341 e. The zero-order valence-electron chi connectivity index (χ0n) is 17.5. The Labute approximate surface area is 190 Å². The van der Waals surface area contributed by atoms with Crippen LogP contribution in [0.3, 0.4) is 0 Å². The van der Waals surface area contributed by atoms with E-state index in [-0.39, 0.29) is 5.91 Å². The van der Waals surface area contributed by atoms with Crippen molar-refractivity contribution in [3.63, 3.8) is 0 Å². The van der Waals surface area contributed by atoms with Crippen molar-refractivity contribution in [1.82, 2.24) is 0 Å². The van der Waals surface area contributed by atoms with Gasteiger partial charge < -0.3 is 14.8 Å². The summed E-state index contributed by atoms with van der Waals surface area (Å²) in [4.78, 5) is 26.9. The Kier molecular flexibility index (Phi) is 5.77. The van der Waals surface area contributed by atoms with E-state index in [0.29, 0.717) is 21.3 Å². The van der Waals surface area contributed by atoms with Crippen LogP contribution in [0.25, 0.3) is 11.1 Å². The van der Waals surface area contributed by atoms with Gasteiger partial charge in [0, 0.05) is 15.5 Å². The maximum absolute atomic E-state index is 13.1. The minimum absolute atomic E-state index is 0.362. The van der Waals surface area contributed by atoms with Crippen LogP contribution in [0.4, 0.5) is 5.00 Å². The molecule has 7 heteroatoms. The number of ether oxygens (including phenoxy) is 2. The number of thiophene rings is 1. The average Bonchev–Trinajstić information content (AvgIpc) is 3.13. The minimum atomic E-state index is -1.18. The van der Waals surface area contributed by atoms with Gasteiger partial charge in [-0.2, -0.15) is 0 Å². The fourth-order valence-electron chi connectivity index (χ4n) is 3.65. The van der Waals surface area contributed by atoms with Gasteiger partial charge in [0.25, 0.3) is 5.91 Å². The summed E-state index contributed by atoms with van der Waals surface area (Å²) in [6, 6.07) is 14.8. The molecule has 0 saturated heterocycles. The van der Waals surface area contributed by atoms with Gasteiger partial charge in [-0.25, -0.2) is 4.79 Å². The molecule has 0 unspecified atom stereocenters. The van der Waals surface area contributed by atoms with E-state index in [2.05, 4.69) is 11.4 Å². The highest BCUT2D eigenvalue weighted by Gasteiger charge is 2.34. The predicted octanol–water partition coefficient (Wildman–Crippen LogP) is 5.75. The van der Waals surface area contributed by atoms with Gasteiger partial charge in [-0.15, -0.1) is 11.3 Å². The van der Waals surface area contributed by atoms with Gasteiger partial charge in [-0.3, -0.25) is 4.79 Å². The van der Waals surface area contributed by atoms with E-state index in [1.165, 1.54) is 24.0 Å². The lowest BCUT2D eigenvalue weighted by Gasteiger charge is -2.25. The number of esters is 1. The maximum atomic E-state index is 13.1. The second-order valence-electron chi connectivity index (χ2n) is 7.77. The number of methoxy groups -OCH3 is 1. The van der Waals surface area contributed by atoms with Crippen LogP contribution in [0, 0.1) is 0 Å². The number of aryl methyl sites for hydroxylation is 2. The van der Waals surface area contributed by atoms with Crippen molar-refractivity contribution in [2.24, 2.45) is 0 Å². The first kappa shape index (κ1) is 21.4. The topological polar surface area (TPSA) is 64.6 Å². The molecule has 2 aromatic carbocycles. The van der Waals surface area contributed by atoms with Gasteiger partial charge in [0.2, 0.25) is 0 Å². The summed E-state index contributed by atoms with van der Waals surface area (Å²) >= 11 is 7.34. The SMILES string of the molecule is COC(=O)c1c(NC(=O)C(C)(C)Oc2ccc(Cl)cc2)sc2c1-c1ccccc1CC2. The first-order valence-electron chi connectivity index (χ1n) is 9.88. The monoisotopic (exact) mass is 455 g/mol. The third-order valence-corrected chi connectivity index (χ3v) is 6.66. The lowest BCUT2D eigenvalue weighted by atomic mass is 9.88. The van der Waals surface area contributed by atoms with Crippen LogP contribution in [-0.2, 0) is 22.4 Å². The summed E-state index contributed by atoms with van der Waals surface area (Å²) in [6.07, 6.45) is 1.70. The summed E-state index contributed by atoms with van der Waals surface area (Å²) < 4.78 is 11.0. The average molecular weight is 456 g/mol. The zero-order valence-corrected chi connectivity index (χ0v) is 19.0. The molecular formula is C24H22ClNO4S. The van der Waals surface area contributed by atoms with E-state index in [1.807, 2.05) is 18.2 Å². The third-order valence-electron chi connectivity index (χ3n) is 5.24. The van der Waals surface area contributed by atoms with E-state index >= 15 is 0 Å². The summed E-state index contributed by atoms with van der Waals surface area (Å²) in [5, 5.41) is 3.98. The number of nitrogens with one attached hydrogen (secondary N) is 1. The Morgan fingerprint density at radius 3 is 2.48 bits per heavy atom. The standard InChI is InChI=1S/C24H22ClNO4S/c1-24(2,30-16-11-9-15(25)10-12-16)23(28)26-21-20(22(27)29-3)19-17-7-5-4-6-14(17)8-13-18(19)31-21/h4-7,9-12H,8,13H2,1-3H3,(H,26,28). The van der Waals surface area contributed by atoms with Gasteiger partial charge in [-0.05, 0) is 62.1 Å². The van der Waals surface area contributed by atoms with Gasteiger partial charge in [0.15, 0.2) is 5.60 Å². The highest BCUT2D eigenvalue weighted by Crippen LogP contribution is 2.45. The summed E-state index contributed by atoms with van der Waals surface area (Å²) in [5.41, 5.74) is 2.26. The van der Waals surface area contributed by atoms with Crippen LogP contribution >= 0.6 is 22.9 Å². The van der Waals surface area contributed by atoms with Crippen LogP contribution in [0.2, 0.25) is 5.02 Å². The molecule has 1 amide bonds. The molecule has 1 aliphatic rings. The van der Waals surface area contributed by atoms with E-state index in [9.17, 15) is 9.59 Å². The van der Waals surface area contributed by atoms with Crippen molar-refractivity contribution in [3.05, 3.63) is 69.6 Å². The van der Waals surface area contributed by atoms with E-state index in [0.717, 1.165) is 28.8 Å². The first-order chi connectivity index (χ1) is 14.8. The normalized spacial score (nSPS) is 12.5. The summed E-state index contributed by atoms with van der Waals surface area (Å²) in [5.74, 6) is -0.308. The number of anilines is 1. The van der Waals surface area contributed by atoms with E-state index in [1.54, 1.807) is 38.1 Å². The molecular weight excluding hydrogens is 434 g/mol. The molecule has 1 N–H and O–H groups in total. The number of halogens is 1. The molecule has 1 aromatic heterocycles. The maximum Gasteiger partial charge on any atom is 0.341 e. The number of benzene rings is 2. The number of carbonyl (C=O) groups is 2. The summed E-state index contributed by atoms with van der Waals surface area (Å²) in [6.45, 7) is 3.36. The number of fused-ring (bicyclic) bond motifs is 3. The lowest BCUT2D eigenvalue weighted by Crippen LogP contribution is -2.42.